The summed E-state index contributed by atoms with van der Waals surface area (Å²) in [6, 6.07) is 14.9. The van der Waals surface area contributed by atoms with Gasteiger partial charge in [-0.05, 0) is 18.6 Å². The highest BCUT2D eigenvalue weighted by molar-refractivity contribution is 14.0. The first-order chi connectivity index (χ1) is 12.1. The van der Waals surface area contributed by atoms with Gasteiger partial charge in [0.25, 0.3) is 5.69 Å². The Balaban J connectivity index is 0.00000338. The van der Waals surface area contributed by atoms with Gasteiger partial charge in [0, 0.05) is 32.7 Å². The summed E-state index contributed by atoms with van der Waals surface area (Å²) in [4.78, 5) is 14.7. The van der Waals surface area contributed by atoms with Crippen LogP contribution in [-0.2, 0) is 6.54 Å². The Morgan fingerprint density at radius 1 is 1.08 bits per heavy atom. The molecule has 0 spiro atoms. The molecule has 7 nitrogen and oxygen atoms in total. The molecule has 8 heteroatoms. The van der Waals surface area contributed by atoms with Crippen LogP contribution in [0, 0.1) is 17.0 Å². The molecule has 0 aliphatic rings. The number of nitro groups is 1. The maximum atomic E-state index is 11.0. The molecule has 0 bridgehead atoms. The molecule has 0 aliphatic carbocycles. The van der Waals surface area contributed by atoms with Crippen LogP contribution in [0.3, 0.4) is 0 Å². The lowest BCUT2D eigenvalue weighted by atomic mass is 10.1. The van der Waals surface area contributed by atoms with E-state index in [2.05, 4.69) is 52.1 Å². The third-order valence-electron chi connectivity index (χ3n) is 3.64. The second-order valence-electron chi connectivity index (χ2n) is 5.54. The summed E-state index contributed by atoms with van der Waals surface area (Å²) in [7, 11) is 1.71. The molecule has 3 N–H and O–H groups in total. The van der Waals surface area contributed by atoms with Crippen LogP contribution in [0.15, 0.2) is 53.5 Å². The van der Waals surface area contributed by atoms with Gasteiger partial charge >= 0.3 is 0 Å². The highest BCUT2D eigenvalue weighted by Gasteiger charge is 2.11. The highest BCUT2D eigenvalue weighted by atomic mass is 127. The minimum absolute atomic E-state index is 0. The Hall–Kier alpha value is -2.36. The van der Waals surface area contributed by atoms with Crippen molar-refractivity contribution < 1.29 is 4.92 Å². The van der Waals surface area contributed by atoms with Crippen molar-refractivity contribution in [2.24, 2.45) is 4.99 Å². The Labute approximate surface area is 170 Å². The quantitative estimate of drug-likeness (QED) is 0.145. The summed E-state index contributed by atoms with van der Waals surface area (Å²) in [5.41, 5.74) is 2.99. The second-order valence-corrected chi connectivity index (χ2v) is 5.54. The fraction of sp³-hybridized carbons (Fsp3) is 0.278. The fourth-order valence-corrected chi connectivity index (χ4v) is 2.27. The van der Waals surface area contributed by atoms with E-state index in [0.29, 0.717) is 31.3 Å². The van der Waals surface area contributed by atoms with Crippen LogP contribution in [0.25, 0.3) is 0 Å². The number of halogens is 1. The molecule has 2 rings (SSSR count). The standard InChI is InChI=1S/C18H23N5O2.HI/c1-14-7-9-15(10-8-14)13-22-18(19-2)21-12-11-20-16-5-3-4-6-17(16)23(24)25;/h3-10,20H,11-13H2,1-2H3,(H2,19,21,22);1H. The number of hydrogen-bond donors (Lipinski definition) is 3. The van der Waals surface area contributed by atoms with Crippen molar-refractivity contribution in [2.45, 2.75) is 13.5 Å². The third-order valence-corrected chi connectivity index (χ3v) is 3.64. The SMILES string of the molecule is CN=C(NCCNc1ccccc1[N+](=O)[O-])NCc1ccc(C)cc1.I. The van der Waals surface area contributed by atoms with Gasteiger partial charge in [-0.25, -0.2) is 0 Å². The first-order valence-electron chi connectivity index (χ1n) is 8.07. The van der Waals surface area contributed by atoms with Crippen molar-refractivity contribution in [3.63, 3.8) is 0 Å². The highest BCUT2D eigenvalue weighted by Crippen LogP contribution is 2.22. The fourth-order valence-electron chi connectivity index (χ4n) is 2.27. The lowest BCUT2D eigenvalue weighted by Crippen LogP contribution is -2.39. The Kier molecular flexibility index (Phi) is 9.42. The summed E-state index contributed by atoms with van der Waals surface area (Å²) >= 11 is 0. The summed E-state index contributed by atoms with van der Waals surface area (Å²) in [5, 5.41) is 20.5. The topological polar surface area (TPSA) is 91.6 Å². The van der Waals surface area contributed by atoms with Crippen LogP contribution in [-0.4, -0.2) is 31.0 Å². The van der Waals surface area contributed by atoms with Gasteiger partial charge in [-0.3, -0.25) is 15.1 Å². The zero-order valence-electron chi connectivity index (χ0n) is 14.9. The molecule has 0 heterocycles. The smallest absolute Gasteiger partial charge is 0.292 e. The molecule has 0 atom stereocenters. The number of guanidine groups is 1. The van der Waals surface area contributed by atoms with Crippen LogP contribution in [0.5, 0.6) is 0 Å². The summed E-state index contributed by atoms with van der Waals surface area (Å²) in [6.45, 7) is 3.86. The molecule has 0 unspecified atom stereocenters. The molecule has 26 heavy (non-hydrogen) atoms. The van der Waals surface area contributed by atoms with Gasteiger partial charge in [-0.1, -0.05) is 42.0 Å². The minimum atomic E-state index is -0.391. The van der Waals surface area contributed by atoms with Crippen LogP contribution < -0.4 is 16.0 Å². The average molecular weight is 469 g/mol. The molecule has 0 saturated carbocycles. The lowest BCUT2D eigenvalue weighted by molar-refractivity contribution is -0.384. The maximum absolute atomic E-state index is 11.0. The van der Waals surface area contributed by atoms with E-state index < -0.39 is 4.92 Å². The number of hydrogen-bond acceptors (Lipinski definition) is 4. The molecule has 2 aromatic carbocycles. The third kappa shape index (κ3) is 6.87. The largest absolute Gasteiger partial charge is 0.378 e. The Bertz CT molecular complexity index is 735. The van der Waals surface area contributed by atoms with Gasteiger partial charge in [0.15, 0.2) is 5.96 Å². The number of rotatable bonds is 7. The van der Waals surface area contributed by atoms with Crippen molar-refractivity contribution >= 4 is 41.3 Å². The van der Waals surface area contributed by atoms with Crippen LogP contribution in [0.4, 0.5) is 11.4 Å². The predicted molar refractivity (Wildman–Crippen MR) is 116 cm³/mol. The molecule has 0 fully saturated rings. The second kappa shape index (κ2) is 11.3. The molecular formula is C18H24IN5O2. The van der Waals surface area contributed by atoms with Gasteiger partial charge in [0.1, 0.15) is 5.69 Å². The number of nitrogens with one attached hydrogen (secondary N) is 3. The lowest BCUT2D eigenvalue weighted by Gasteiger charge is -2.13. The number of para-hydroxylation sites is 2. The number of aryl methyl sites for hydroxylation is 1. The summed E-state index contributed by atoms with van der Waals surface area (Å²) < 4.78 is 0. The van der Waals surface area contributed by atoms with E-state index in [9.17, 15) is 10.1 Å². The van der Waals surface area contributed by atoms with Gasteiger partial charge < -0.3 is 16.0 Å². The van der Waals surface area contributed by atoms with Gasteiger partial charge in [0.2, 0.25) is 0 Å². The van der Waals surface area contributed by atoms with Crippen LogP contribution in [0.1, 0.15) is 11.1 Å². The van der Waals surface area contributed by atoms with E-state index in [4.69, 9.17) is 0 Å². The average Bonchev–Trinajstić information content (AvgIpc) is 2.62. The van der Waals surface area contributed by atoms with Gasteiger partial charge in [-0.15, -0.1) is 24.0 Å². The zero-order chi connectivity index (χ0) is 18.1. The molecule has 0 saturated heterocycles. The number of benzene rings is 2. The zero-order valence-corrected chi connectivity index (χ0v) is 17.2. The van der Waals surface area contributed by atoms with E-state index in [1.807, 2.05) is 0 Å². The predicted octanol–water partition coefficient (Wildman–Crippen LogP) is 3.30. The van der Waals surface area contributed by atoms with Gasteiger partial charge in [0.05, 0.1) is 4.92 Å². The van der Waals surface area contributed by atoms with Crippen molar-refractivity contribution in [3.8, 4) is 0 Å². The van der Waals surface area contributed by atoms with Crippen LogP contribution in [0.2, 0.25) is 0 Å². The normalized spacial score (nSPS) is 10.6. The molecule has 0 aliphatic heterocycles. The van der Waals surface area contributed by atoms with E-state index in [0.717, 1.165) is 0 Å². The number of aliphatic imine (C=N–C) groups is 1. The van der Waals surface area contributed by atoms with Crippen molar-refractivity contribution in [1.82, 2.24) is 10.6 Å². The molecular weight excluding hydrogens is 445 g/mol. The minimum Gasteiger partial charge on any atom is -0.378 e. The maximum Gasteiger partial charge on any atom is 0.292 e. The molecule has 2 aromatic rings. The Morgan fingerprint density at radius 2 is 1.77 bits per heavy atom. The first-order valence-corrected chi connectivity index (χ1v) is 8.07. The van der Waals surface area contributed by atoms with E-state index in [1.54, 1.807) is 25.2 Å². The van der Waals surface area contributed by atoms with E-state index in [1.165, 1.54) is 17.2 Å². The molecule has 0 radical (unpaired) electrons. The number of nitro benzene ring substituents is 1. The van der Waals surface area contributed by atoms with Crippen molar-refractivity contribution in [3.05, 3.63) is 69.8 Å². The monoisotopic (exact) mass is 469 g/mol. The van der Waals surface area contributed by atoms with E-state index >= 15 is 0 Å². The van der Waals surface area contributed by atoms with Crippen molar-refractivity contribution in [2.75, 3.05) is 25.5 Å². The number of anilines is 1. The summed E-state index contributed by atoms with van der Waals surface area (Å²) in [6.07, 6.45) is 0. The number of nitrogens with zero attached hydrogens (tertiary/aromatic N) is 2. The molecule has 140 valence electrons. The first kappa shape index (κ1) is 21.7. The molecule has 0 amide bonds. The van der Waals surface area contributed by atoms with E-state index in [-0.39, 0.29) is 29.7 Å². The molecule has 0 aromatic heterocycles. The van der Waals surface area contributed by atoms with Gasteiger partial charge in [-0.2, -0.15) is 0 Å². The Morgan fingerprint density at radius 3 is 2.42 bits per heavy atom. The van der Waals surface area contributed by atoms with Crippen LogP contribution >= 0.6 is 24.0 Å². The summed E-state index contributed by atoms with van der Waals surface area (Å²) in [5.74, 6) is 0.685. The van der Waals surface area contributed by atoms with Crippen molar-refractivity contribution in [1.29, 1.82) is 0 Å².